The molecule has 2 amide bonds. The molecule has 0 aromatic heterocycles. The zero-order valence-corrected chi connectivity index (χ0v) is 20.3. The highest BCUT2D eigenvalue weighted by Gasteiger charge is 2.26. The van der Waals surface area contributed by atoms with Gasteiger partial charge in [0, 0.05) is 30.2 Å². The summed E-state index contributed by atoms with van der Waals surface area (Å²) < 4.78 is 26.8. The predicted octanol–water partition coefficient (Wildman–Crippen LogP) is 4.08. The summed E-state index contributed by atoms with van der Waals surface area (Å²) in [5.74, 6) is -0.610. The second-order valence-electron chi connectivity index (χ2n) is 8.40. The monoisotopic (exact) mass is 492 g/mol. The normalized spacial score (nSPS) is 13.9. The highest BCUT2D eigenvalue weighted by Crippen LogP contribution is 2.22. The summed E-state index contributed by atoms with van der Waals surface area (Å²) in [5, 5.41) is 8.61. The van der Waals surface area contributed by atoms with Crippen molar-refractivity contribution in [2.75, 3.05) is 35.6 Å². The molecule has 0 unspecified atom stereocenters. The van der Waals surface area contributed by atoms with Crippen molar-refractivity contribution in [1.82, 2.24) is 4.31 Å². The van der Waals surface area contributed by atoms with Crippen LogP contribution in [0, 0.1) is 6.92 Å². The maximum absolute atomic E-state index is 12.8. The maximum Gasteiger partial charge on any atom is 0.257 e. The fraction of sp³-hybridized carbons (Fsp3) is 0.231. The molecule has 0 bridgehead atoms. The van der Waals surface area contributed by atoms with Crippen molar-refractivity contribution in [2.45, 2.75) is 24.7 Å². The zero-order chi connectivity index (χ0) is 24.8. The van der Waals surface area contributed by atoms with Crippen LogP contribution in [-0.2, 0) is 14.8 Å². The van der Waals surface area contributed by atoms with E-state index in [9.17, 15) is 18.0 Å². The van der Waals surface area contributed by atoms with Crippen molar-refractivity contribution in [3.8, 4) is 0 Å². The standard InChI is InChI=1S/C26H28N4O4S/c1-19-8-10-21(11-9-19)29-26(32)23-6-2-3-7-24(23)27-18-25(31)28-20-12-14-22(15-13-20)35(33,34)30-16-4-5-17-30/h2-3,6-15,27H,4-5,16-18H2,1H3,(H,28,31)(H,29,32). The first-order valence-electron chi connectivity index (χ1n) is 11.4. The van der Waals surface area contributed by atoms with Crippen molar-refractivity contribution >= 4 is 38.9 Å². The van der Waals surface area contributed by atoms with Gasteiger partial charge in [-0.3, -0.25) is 9.59 Å². The van der Waals surface area contributed by atoms with Crippen molar-refractivity contribution in [3.63, 3.8) is 0 Å². The number of rotatable bonds is 8. The van der Waals surface area contributed by atoms with E-state index in [2.05, 4.69) is 16.0 Å². The number of nitrogens with zero attached hydrogens (tertiary/aromatic N) is 1. The summed E-state index contributed by atoms with van der Waals surface area (Å²) in [6, 6.07) is 20.6. The van der Waals surface area contributed by atoms with Gasteiger partial charge in [0.05, 0.1) is 17.0 Å². The number of hydrogen-bond donors (Lipinski definition) is 3. The zero-order valence-electron chi connectivity index (χ0n) is 19.5. The molecule has 0 saturated carbocycles. The molecule has 182 valence electrons. The van der Waals surface area contributed by atoms with E-state index < -0.39 is 10.0 Å². The van der Waals surface area contributed by atoms with E-state index >= 15 is 0 Å². The third kappa shape index (κ3) is 6.06. The molecule has 4 rings (SSSR count). The maximum atomic E-state index is 12.8. The number of amides is 2. The summed E-state index contributed by atoms with van der Waals surface area (Å²) in [6.45, 7) is 2.98. The molecule has 35 heavy (non-hydrogen) atoms. The van der Waals surface area contributed by atoms with Gasteiger partial charge in [-0.1, -0.05) is 29.8 Å². The van der Waals surface area contributed by atoms with Crippen LogP contribution in [0.2, 0.25) is 0 Å². The van der Waals surface area contributed by atoms with Gasteiger partial charge in [0.1, 0.15) is 0 Å². The number of para-hydroxylation sites is 1. The minimum absolute atomic E-state index is 0.0668. The van der Waals surface area contributed by atoms with E-state index in [-0.39, 0.29) is 23.3 Å². The fourth-order valence-corrected chi connectivity index (χ4v) is 5.36. The van der Waals surface area contributed by atoms with Crippen molar-refractivity contribution in [3.05, 3.63) is 83.9 Å². The SMILES string of the molecule is Cc1ccc(NC(=O)c2ccccc2NCC(=O)Nc2ccc(S(=O)(=O)N3CCCC3)cc2)cc1. The Labute approximate surface area is 205 Å². The number of sulfonamides is 1. The van der Waals surface area contributed by atoms with Gasteiger partial charge in [0.15, 0.2) is 0 Å². The van der Waals surface area contributed by atoms with Crippen LogP contribution >= 0.6 is 0 Å². The summed E-state index contributed by atoms with van der Waals surface area (Å²) in [6.07, 6.45) is 1.74. The molecular formula is C26H28N4O4S. The summed E-state index contributed by atoms with van der Waals surface area (Å²) >= 11 is 0. The summed E-state index contributed by atoms with van der Waals surface area (Å²) in [4.78, 5) is 25.5. The van der Waals surface area contributed by atoms with E-state index in [0.717, 1.165) is 18.4 Å². The van der Waals surface area contributed by atoms with Gasteiger partial charge in [-0.15, -0.1) is 0 Å². The Kier molecular flexibility index (Phi) is 7.48. The van der Waals surface area contributed by atoms with Crippen LogP contribution in [0.15, 0.2) is 77.7 Å². The first-order valence-corrected chi connectivity index (χ1v) is 12.9. The molecule has 3 aromatic rings. The van der Waals surface area contributed by atoms with Gasteiger partial charge in [-0.25, -0.2) is 8.42 Å². The Balaban J connectivity index is 1.35. The number of aryl methyl sites for hydroxylation is 1. The third-order valence-electron chi connectivity index (χ3n) is 5.76. The molecule has 1 aliphatic rings. The van der Waals surface area contributed by atoms with Gasteiger partial charge in [0.25, 0.3) is 5.91 Å². The Bertz CT molecular complexity index is 1300. The van der Waals surface area contributed by atoms with Gasteiger partial charge in [-0.05, 0) is 68.3 Å². The van der Waals surface area contributed by atoms with Gasteiger partial charge >= 0.3 is 0 Å². The number of anilines is 3. The minimum Gasteiger partial charge on any atom is -0.376 e. The lowest BCUT2D eigenvalue weighted by Gasteiger charge is -2.16. The predicted molar refractivity (Wildman–Crippen MR) is 137 cm³/mol. The van der Waals surface area contributed by atoms with Crippen molar-refractivity contribution in [1.29, 1.82) is 0 Å². The largest absolute Gasteiger partial charge is 0.376 e. The Morgan fingerprint density at radius 2 is 1.43 bits per heavy atom. The van der Waals surface area contributed by atoms with E-state index in [1.165, 1.54) is 16.4 Å². The topological polar surface area (TPSA) is 108 Å². The molecule has 0 aliphatic carbocycles. The molecule has 0 radical (unpaired) electrons. The molecule has 0 atom stereocenters. The van der Waals surface area contributed by atoms with E-state index in [1.807, 2.05) is 31.2 Å². The average molecular weight is 493 g/mol. The van der Waals surface area contributed by atoms with E-state index in [1.54, 1.807) is 36.4 Å². The molecule has 9 heteroatoms. The van der Waals surface area contributed by atoms with Gasteiger partial charge in [0.2, 0.25) is 15.9 Å². The lowest BCUT2D eigenvalue weighted by Crippen LogP contribution is -2.27. The first kappa shape index (κ1) is 24.4. The second-order valence-corrected chi connectivity index (χ2v) is 10.3. The van der Waals surface area contributed by atoms with Crippen molar-refractivity contribution < 1.29 is 18.0 Å². The van der Waals surface area contributed by atoms with Crippen LogP contribution in [-0.4, -0.2) is 44.2 Å². The van der Waals surface area contributed by atoms with Gasteiger partial charge < -0.3 is 16.0 Å². The number of carbonyl (C=O) groups is 2. The number of benzene rings is 3. The molecule has 1 saturated heterocycles. The average Bonchev–Trinajstić information content (AvgIpc) is 3.41. The lowest BCUT2D eigenvalue weighted by atomic mass is 10.1. The molecular weight excluding hydrogens is 464 g/mol. The highest BCUT2D eigenvalue weighted by molar-refractivity contribution is 7.89. The highest BCUT2D eigenvalue weighted by atomic mass is 32.2. The fourth-order valence-electron chi connectivity index (χ4n) is 3.84. The molecule has 1 aliphatic heterocycles. The molecule has 8 nitrogen and oxygen atoms in total. The van der Waals surface area contributed by atoms with Crippen LogP contribution in [0.3, 0.4) is 0 Å². The van der Waals surface area contributed by atoms with Crippen molar-refractivity contribution in [2.24, 2.45) is 0 Å². The minimum atomic E-state index is -3.50. The number of nitrogens with one attached hydrogen (secondary N) is 3. The van der Waals surface area contributed by atoms with Crippen LogP contribution < -0.4 is 16.0 Å². The summed E-state index contributed by atoms with van der Waals surface area (Å²) in [5.41, 5.74) is 3.21. The Hall–Kier alpha value is -3.69. The number of carbonyl (C=O) groups excluding carboxylic acids is 2. The first-order chi connectivity index (χ1) is 16.8. The number of hydrogen-bond acceptors (Lipinski definition) is 5. The van der Waals surface area contributed by atoms with Crippen LogP contribution in [0.25, 0.3) is 0 Å². The molecule has 3 aromatic carbocycles. The van der Waals surface area contributed by atoms with Crippen LogP contribution in [0.5, 0.6) is 0 Å². The summed E-state index contributed by atoms with van der Waals surface area (Å²) in [7, 11) is -3.50. The van der Waals surface area contributed by atoms with Crippen LogP contribution in [0.1, 0.15) is 28.8 Å². The molecule has 0 spiro atoms. The third-order valence-corrected chi connectivity index (χ3v) is 7.67. The van der Waals surface area contributed by atoms with E-state index in [0.29, 0.717) is 35.7 Å². The second kappa shape index (κ2) is 10.7. The van der Waals surface area contributed by atoms with E-state index in [4.69, 9.17) is 0 Å². The Morgan fingerprint density at radius 1 is 0.829 bits per heavy atom. The quantitative estimate of drug-likeness (QED) is 0.439. The Morgan fingerprint density at radius 3 is 2.11 bits per heavy atom. The van der Waals surface area contributed by atoms with Gasteiger partial charge in [-0.2, -0.15) is 4.31 Å². The molecule has 3 N–H and O–H groups in total. The molecule has 1 heterocycles. The smallest absolute Gasteiger partial charge is 0.257 e. The van der Waals surface area contributed by atoms with Crippen LogP contribution in [0.4, 0.5) is 17.1 Å². The molecule has 1 fully saturated rings. The lowest BCUT2D eigenvalue weighted by molar-refractivity contribution is -0.114.